The third-order valence-corrected chi connectivity index (χ3v) is 5.49. The number of benzene rings is 2. The van der Waals surface area contributed by atoms with Crippen molar-refractivity contribution in [1.82, 2.24) is 15.3 Å². The molecule has 0 aliphatic carbocycles. The number of carboxylic acids is 2. The molecule has 1 atom stereocenters. The summed E-state index contributed by atoms with van der Waals surface area (Å²) in [5.74, 6) is -2.76. The number of carboxylic acid groups (broad SMARTS) is 2. The number of nitrogens with one attached hydrogen (secondary N) is 3. The van der Waals surface area contributed by atoms with E-state index in [4.69, 9.17) is 0 Å². The van der Waals surface area contributed by atoms with Crippen molar-refractivity contribution >= 4 is 33.7 Å². The lowest BCUT2D eigenvalue weighted by Crippen LogP contribution is -2.31. The maximum Gasteiger partial charge on any atom is 0.116 e. The Morgan fingerprint density at radius 2 is 1.78 bits per heavy atom. The molecule has 8 heteroatoms. The molecule has 0 amide bonds. The first kappa shape index (κ1) is 21.2. The molecule has 0 radical (unpaired) electrons. The quantitative estimate of drug-likeness (QED) is 0.352. The number of phenols is 1. The molecule has 32 heavy (non-hydrogen) atoms. The Morgan fingerprint density at radius 3 is 2.53 bits per heavy atom. The van der Waals surface area contributed by atoms with Crippen LogP contribution in [0.4, 0.5) is 0 Å². The van der Waals surface area contributed by atoms with E-state index in [2.05, 4.69) is 45.7 Å². The first-order chi connectivity index (χ1) is 15.4. The molecule has 0 spiro atoms. The van der Waals surface area contributed by atoms with Gasteiger partial charge in [0.15, 0.2) is 0 Å². The van der Waals surface area contributed by atoms with Gasteiger partial charge >= 0.3 is 0 Å². The first-order valence-corrected chi connectivity index (χ1v) is 10.1. The van der Waals surface area contributed by atoms with E-state index in [0.29, 0.717) is 17.9 Å². The van der Waals surface area contributed by atoms with Gasteiger partial charge in [-0.3, -0.25) is 0 Å². The number of fused-ring (bicyclic) bond motifs is 4. The van der Waals surface area contributed by atoms with Gasteiger partial charge in [-0.1, -0.05) is 18.2 Å². The summed E-state index contributed by atoms with van der Waals surface area (Å²) >= 11 is 0. The van der Waals surface area contributed by atoms with Gasteiger partial charge in [0.2, 0.25) is 0 Å². The fourth-order valence-corrected chi connectivity index (χ4v) is 4.13. The van der Waals surface area contributed by atoms with Crippen molar-refractivity contribution in [2.75, 3.05) is 6.54 Å². The number of carbonyl (C=O) groups is 2. The van der Waals surface area contributed by atoms with Crippen LogP contribution >= 0.6 is 0 Å². The monoisotopic (exact) mass is 431 g/mol. The van der Waals surface area contributed by atoms with Crippen LogP contribution in [0.5, 0.6) is 5.75 Å². The molecule has 1 aliphatic rings. The minimum atomic E-state index is -1.55. The van der Waals surface area contributed by atoms with Gasteiger partial charge in [-0.15, -0.1) is 0 Å². The molecule has 0 saturated carbocycles. The van der Waals surface area contributed by atoms with Crippen molar-refractivity contribution < 1.29 is 24.9 Å². The molecule has 8 nitrogen and oxygen atoms in total. The number of aliphatic carboxylic acids is 2. The second-order valence-electron chi connectivity index (χ2n) is 7.54. The van der Waals surface area contributed by atoms with Crippen LogP contribution in [0.15, 0.2) is 60.8 Å². The molecule has 0 bridgehead atoms. The normalized spacial score (nSPS) is 15.4. The zero-order chi connectivity index (χ0) is 22.7. The first-order valence-electron chi connectivity index (χ1n) is 10.1. The number of aromatic hydroxyl groups is 1. The van der Waals surface area contributed by atoms with Gasteiger partial charge in [0.05, 0.1) is 18.0 Å². The highest BCUT2D eigenvalue weighted by molar-refractivity contribution is 5.88. The summed E-state index contributed by atoms with van der Waals surface area (Å²) in [5.41, 5.74) is 6.21. The van der Waals surface area contributed by atoms with Gasteiger partial charge in [0.25, 0.3) is 0 Å². The molecule has 2 aromatic carbocycles. The molecule has 3 heterocycles. The number of aromatic amines is 2. The standard InChI is InChI=1S/C20H19N3O.C4H4O4/c24-13-5-6-18-16(10-13)15-7-8-21-19(20(15)23-18)9-12-11-22-17-4-2-1-3-14(12)17;5-3(6)1-2-4(7)8/h1-6,10-11,19,21-24H,7-9H2;1-2H,(H,5,6)(H,7,8)/p-2/b;2-1+. The molecule has 2 aromatic heterocycles. The van der Waals surface area contributed by atoms with E-state index in [1.807, 2.05) is 12.1 Å². The van der Waals surface area contributed by atoms with E-state index in [1.54, 1.807) is 6.07 Å². The Hall–Kier alpha value is -4.04. The maximum atomic E-state index is 9.81. The lowest BCUT2D eigenvalue weighted by Gasteiger charge is -2.24. The van der Waals surface area contributed by atoms with Crippen molar-refractivity contribution in [3.63, 3.8) is 0 Å². The number of H-pyrrole nitrogens is 2. The summed E-state index contributed by atoms with van der Waals surface area (Å²) in [6.45, 7) is 0.961. The second-order valence-corrected chi connectivity index (χ2v) is 7.54. The van der Waals surface area contributed by atoms with E-state index in [1.165, 1.54) is 27.7 Å². The molecule has 0 saturated heterocycles. The van der Waals surface area contributed by atoms with Gasteiger partial charge in [-0.25, -0.2) is 0 Å². The van der Waals surface area contributed by atoms with Crippen LogP contribution in [-0.2, 0) is 22.4 Å². The van der Waals surface area contributed by atoms with E-state index >= 15 is 0 Å². The smallest absolute Gasteiger partial charge is 0.116 e. The Morgan fingerprint density at radius 1 is 1.03 bits per heavy atom. The van der Waals surface area contributed by atoms with Crippen molar-refractivity contribution in [2.24, 2.45) is 0 Å². The van der Waals surface area contributed by atoms with Crippen molar-refractivity contribution in [3.8, 4) is 5.75 Å². The highest BCUT2D eigenvalue weighted by Gasteiger charge is 2.25. The van der Waals surface area contributed by atoms with Crippen LogP contribution in [0.1, 0.15) is 22.9 Å². The van der Waals surface area contributed by atoms with Crippen molar-refractivity contribution in [3.05, 3.63) is 77.6 Å². The molecule has 4 aromatic rings. The predicted molar refractivity (Wildman–Crippen MR) is 116 cm³/mol. The zero-order valence-electron chi connectivity index (χ0n) is 17.1. The van der Waals surface area contributed by atoms with Crippen molar-refractivity contribution in [2.45, 2.75) is 18.9 Å². The lowest BCUT2D eigenvalue weighted by atomic mass is 9.94. The average Bonchev–Trinajstić information content (AvgIpc) is 3.35. The van der Waals surface area contributed by atoms with Crippen molar-refractivity contribution in [1.29, 1.82) is 0 Å². The van der Waals surface area contributed by atoms with Gasteiger partial charge in [-0.2, -0.15) is 0 Å². The summed E-state index contributed by atoms with van der Waals surface area (Å²) in [7, 11) is 0. The van der Waals surface area contributed by atoms with Gasteiger partial charge in [0.1, 0.15) is 5.75 Å². The topological polar surface area (TPSA) is 144 Å². The zero-order valence-corrected chi connectivity index (χ0v) is 17.1. The highest BCUT2D eigenvalue weighted by atomic mass is 16.4. The molecule has 1 unspecified atom stereocenters. The molecular weight excluding hydrogens is 410 g/mol. The third kappa shape index (κ3) is 4.50. The van der Waals surface area contributed by atoms with Gasteiger partial charge in [-0.05, 0) is 66.9 Å². The summed E-state index contributed by atoms with van der Waals surface area (Å²) in [6.07, 6.45) is 4.82. The van der Waals surface area contributed by atoms with Crippen LogP contribution in [-0.4, -0.2) is 33.6 Å². The predicted octanol–water partition coefficient (Wildman–Crippen LogP) is 0.827. The Bertz CT molecular complexity index is 1300. The summed E-state index contributed by atoms with van der Waals surface area (Å²) in [6, 6.07) is 14.3. The average molecular weight is 431 g/mol. The van der Waals surface area contributed by atoms with E-state index in [-0.39, 0.29) is 6.04 Å². The number of phenolic OH excluding ortho intramolecular Hbond substituents is 1. The fourth-order valence-electron chi connectivity index (χ4n) is 4.13. The summed E-state index contributed by atoms with van der Waals surface area (Å²) in [4.78, 5) is 25.8. The minimum absolute atomic E-state index is 0.266. The lowest BCUT2D eigenvalue weighted by molar-refractivity contribution is -0.301. The number of para-hydroxylation sites is 1. The molecular formula is C24H21N3O5-2. The Kier molecular flexibility index (Phi) is 5.96. The summed E-state index contributed by atoms with van der Waals surface area (Å²) in [5, 5.41) is 34.7. The molecule has 1 aliphatic heterocycles. The van der Waals surface area contributed by atoms with Crippen LogP contribution in [0, 0.1) is 0 Å². The molecule has 5 rings (SSSR count). The minimum Gasteiger partial charge on any atom is -0.545 e. The maximum absolute atomic E-state index is 9.81. The molecule has 164 valence electrons. The number of hydrogen-bond donors (Lipinski definition) is 4. The van der Waals surface area contributed by atoms with Crippen LogP contribution < -0.4 is 15.5 Å². The number of aromatic nitrogens is 2. The number of rotatable bonds is 4. The van der Waals surface area contributed by atoms with Gasteiger partial charge in [0, 0.05) is 33.7 Å². The SMILES string of the molecule is O=C([O-])/C=C/C(=O)[O-].Oc1ccc2[nH]c3c(c2c1)CCNC3Cc1c[nH]c2ccccc12. The second kappa shape index (κ2) is 8.99. The number of hydrogen-bond acceptors (Lipinski definition) is 6. The molecule has 4 N–H and O–H groups in total. The van der Waals surface area contributed by atoms with E-state index in [9.17, 15) is 24.9 Å². The molecule has 0 fully saturated rings. The van der Waals surface area contributed by atoms with E-state index in [0.717, 1.165) is 30.3 Å². The van der Waals surface area contributed by atoms with Crippen LogP contribution in [0.2, 0.25) is 0 Å². The van der Waals surface area contributed by atoms with E-state index < -0.39 is 11.9 Å². The summed E-state index contributed by atoms with van der Waals surface area (Å²) < 4.78 is 0. The Labute approximate surface area is 183 Å². The highest BCUT2D eigenvalue weighted by Crippen LogP contribution is 2.34. The van der Waals surface area contributed by atoms with Crippen LogP contribution in [0.25, 0.3) is 21.8 Å². The largest absolute Gasteiger partial charge is 0.545 e. The number of carbonyl (C=O) groups excluding carboxylic acids is 2. The third-order valence-electron chi connectivity index (χ3n) is 5.49. The van der Waals surface area contributed by atoms with Crippen LogP contribution in [0.3, 0.4) is 0 Å². The Balaban J connectivity index is 0.000000265. The van der Waals surface area contributed by atoms with Gasteiger partial charge < -0.3 is 40.2 Å². The fraction of sp³-hybridized carbons (Fsp3) is 0.167.